The number of hydrogen-bond donors (Lipinski definition) is 1. The van der Waals surface area contributed by atoms with Crippen molar-refractivity contribution in [1.82, 2.24) is 0 Å². The minimum atomic E-state index is -0.783. The first-order valence-corrected chi connectivity index (χ1v) is 5.88. The van der Waals surface area contributed by atoms with Gasteiger partial charge in [0, 0.05) is 12.0 Å². The number of hydrogen-bond acceptors (Lipinski definition) is 1. The summed E-state index contributed by atoms with van der Waals surface area (Å²) in [6, 6.07) is 0. The molecule has 0 heterocycles. The van der Waals surface area contributed by atoms with Crippen LogP contribution < -0.4 is 0 Å². The topological polar surface area (TPSA) is 37.3 Å². The number of aliphatic carboxylic acids is 1. The number of fused-ring (bicyclic) bond motifs is 1. The molecule has 0 radical (unpaired) electrons. The molecule has 2 fully saturated rings. The second kappa shape index (κ2) is 3.22. The van der Waals surface area contributed by atoms with Gasteiger partial charge < -0.3 is 5.11 Å². The van der Waals surface area contributed by atoms with Crippen molar-refractivity contribution in [3.8, 4) is 0 Å². The van der Waals surface area contributed by atoms with Crippen LogP contribution in [0.3, 0.4) is 0 Å². The Morgan fingerprint density at radius 1 is 1.40 bits per heavy atom. The first-order valence-electron chi connectivity index (χ1n) is 5.88. The molecule has 80 valence electrons. The number of allylic oxidation sites excluding steroid dienone is 3. The molecule has 0 aromatic carbocycles. The van der Waals surface area contributed by atoms with Crippen LogP contribution in [0.1, 0.15) is 32.1 Å². The van der Waals surface area contributed by atoms with Crippen LogP contribution >= 0.6 is 0 Å². The molecule has 0 bridgehead atoms. The van der Waals surface area contributed by atoms with Gasteiger partial charge in [-0.05, 0) is 37.5 Å². The van der Waals surface area contributed by atoms with Gasteiger partial charge in [-0.15, -0.1) is 0 Å². The lowest BCUT2D eigenvalue weighted by atomic mass is 9.70. The standard InChI is InChI=1S/C13H16O2/c14-13(15)7-11-5-10-4-9(6-12(10)11)8-2-1-3-8/h6-8,10,12H,1-5H2,(H,14,15)/b11-7-/t10-,12-/m0/s1. The maximum atomic E-state index is 10.6. The van der Waals surface area contributed by atoms with Crippen LogP contribution in [0.25, 0.3) is 0 Å². The summed E-state index contributed by atoms with van der Waals surface area (Å²) in [5, 5.41) is 8.70. The molecule has 0 spiro atoms. The van der Waals surface area contributed by atoms with E-state index in [0.29, 0.717) is 5.92 Å². The van der Waals surface area contributed by atoms with Crippen LogP contribution in [0.4, 0.5) is 0 Å². The Hall–Kier alpha value is -1.05. The van der Waals surface area contributed by atoms with Gasteiger partial charge in [-0.1, -0.05) is 23.6 Å². The van der Waals surface area contributed by atoms with E-state index in [1.165, 1.54) is 31.8 Å². The van der Waals surface area contributed by atoms with Gasteiger partial charge in [-0.3, -0.25) is 0 Å². The molecule has 0 amide bonds. The van der Waals surface area contributed by atoms with Gasteiger partial charge in [0.1, 0.15) is 0 Å². The van der Waals surface area contributed by atoms with Crippen molar-refractivity contribution in [2.75, 3.05) is 0 Å². The SMILES string of the molecule is O=C(O)/C=C1/C[C@@H]2CC(C3CCC3)=C[C@H]12. The van der Waals surface area contributed by atoms with Crippen molar-refractivity contribution < 1.29 is 9.90 Å². The number of rotatable bonds is 2. The normalized spacial score (nSPS) is 36.8. The molecule has 2 nitrogen and oxygen atoms in total. The van der Waals surface area contributed by atoms with E-state index < -0.39 is 5.97 Å². The monoisotopic (exact) mass is 204 g/mol. The summed E-state index contributed by atoms with van der Waals surface area (Å²) in [5.41, 5.74) is 2.77. The average molecular weight is 204 g/mol. The smallest absolute Gasteiger partial charge is 0.328 e. The molecule has 0 aromatic heterocycles. The Kier molecular flexibility index (Phi) is 1.98. The third-order valence-electron chi connectivity index (χ3n) is 4.26. The van der Waals surface area contributed by atoms with E-state index >= 15 is 0 Å². The fourth-order valence-electron chi connectivity index (χ4n) is 3.15. The number of carbonyl (C=O) groups is 1. The van der Waals surface area contributed by atoms with Crippen molar-refractivity contribution in [2.24, 2.45) is 17.8 Å². The summed E-state index contributed by atoms with van der Waals surface area (Å²) >= 11 is 0. The molecule has 0 aliphatic heterocycles. The van der Waals surface area contributed by atoms with Gasteiger partial charge in [0.05, 0.1) is 0 Å². The molecule has 0 saturated heterocycles. The number of carboxylic acids is 1. The van der Waals surface area contributed by atoms with E-state index in [-0.39, 0.29) is 0 Å². The number of carboxylic acid groups (broad SMARTS) is 1. The van der Waals surface area contributed by atoms with Gasteiger partial charge in [0.2, 0.25) is 0 Å². The lowest BCUT2D eigenvalue weighted by Crippen LogP contribution is -2.24. The summed E-state index contributed by atoms with van der Waals surface area (Å²) in [6.45, 7) is 0. The van der Waals surface area contributed by atoms with Crippen LogP contribution in [0.5, 0.6) is 0 Å². The molecule has 3 rings (SSSR count). The molecule has 2 saturated carbocycles. The molecule has 15 heavy (non-hydrogen) atoms. The van der Waals surface area contributed by atoms with E-state index in [9.17, 15) is 4.79 Å². The highest BCUT2D eigenvalue weighted by atomic mass is 16.4. The van der Waals surface area contributed by atoms with Crippen LogP contribution in [-0.2, 0) is 4.79 Å². The molecule has 0 aromatic rings. The molecule has 2 atom stereocenters. The average Bonchev–Trinajstić information content (AvgIpc) is 2.37. The highest BCUT2D eigenvalue weighted by molar-refractivity contribution is 5.81. The van der Waals surface area contributed by atoms with Crippen LogP contribution in [-0.4, -0.2) is 11.1 Å². The zero-order valence-corrected chi connectivity index (χ0v) is 8.78. The first-order chi connectivity index (χ1) is 7.24. The highest BCUT2D eigenvalue weighted by Gasteiger charge is 2.41. The van der Waals surface area contributed by atoms with Gasteiger partial charge in [0.25, 0.3) is 0 Å². The predicted molar refractivity (Wildman–Crippen MR) is 57.4 cm³/mol. The Labute approximate surface area is 89.7 Å². The van der Waals surface area contributed by atoms with Gasteiger partial charge in [0.15, 0.2) is 0 Å². The molecule has 1 N–H and O–H groups in total. The Morgan fingerprint density at radius 3 is 2.80 bits per heavy atom. The third-order valence-corrected chi connectivity index (χ3v) is 4.26. The summed E-state index contributed by atoms with van der Waals surface area (Å²) < 4.78 is 0. The lowest BCUT2D eigenvalue weighted by Gasteiger charge is -2.33. The van der Waals surface area contributed by atoms with E-state index in [2.05, 4.69) is 6.08 Å². The second-order valence-corrected chi connectivity index (χ2v) is 5.12. The van der Waals surface area contributed by atoms with E-state index in [0.717, 1.165) is 23.8 Å². The lowest BCUT2D eigenvalue weighted by molar-refractivity contribution is -0.131. The van der Waals surface area contributed by atoms with E-state index in [4.69, 9.17) is 5.11 Å². The minimum Gasteiger partial charge on any atom is -0.478 e. The van der Waals surface area contributed by atoms with Gasteiger partial charge in [-0.2, -0.15) is 0 Å². The van der Waals surface area contributed by atoms with Crippen LogP contribution in [0.15, 0.2) is 23.3 Å². The van der Waals surface area contributed by atoms with Gasteiger partial charge >= 0.3 is 5.97 Å². The molecule has 0 unspecified atom stereocenters. The quantitative estimate of drug-likeness (QED) is 0.554. The highest BCUT2D eigenvalue weighted by Crippen LogP contribution is 2.53. The van der Waals surface area contributed by atoms with E-state index in [1.807, 2.05) is 0 Å². The molecular weight excluding hydrogens is 188 g/mol. The fourth-order valence-corrected chi connectivity index (χ4v) is 3.15. The van der Waals surface area contributed by atoms with Crippen LogP contribution in [0, 0.1) is 17.8 Å². The molecule has 3 aliphatic carbocycles. The van der Waals surface area contributed by atoms with Crippen molar-refractivity contribution in [2.45, 2.75) is 32.1 Å². The summed E-state index contributed by atoms with van der Waals surface area (Å²) in [6.07, 6.45) is 10.2. The maximum absolute atomic E-state index is 10.6. The maximum Gasteiger partial charge on any atom is 0.328 e. The third kappa shape index (κ3) is 1.43. The summed E-state index contributed by atoms with van der Waals surface area (Å²) in [4.78, 5) is 10.6. The van der Waals surface area contributed by atoms with Gasteiger partial charge in [-0.25, -0.2) is 4.79 Å². The fraction of sp³-hybridized carbons (Fsp3) is 0.615. The Balaban J connectivity index is 1.73. The van der Waals surface area contributed by atoms with E-state index in [1.54, 1.807) is 5.57 Å². The van der Waals surface area contributed by atoms with Crippen LogP contribution in [0.2, 0.25) is 0 Å². The summed E-state index contributed by atoms with van der Waals surface area (Å²) in [7, 11) is 0. The zero-order chi connectivity index (χ0) is 10.4. The Morgan fingerprint density at radius 2 is 2.20 bits per heavy atom. The van der Waals surface area contributed by atoms with Crippen molar-refractivity contribution in [3.63, 3.8) is 0 Å². The first kappa shape index (κ1) is 9.20. The predicted octanol–water partition coefficient (Wildman–Crippen LogP) is 2.76. The molecule has 2 heteroatoms. The second-order valence-electron chi connectivity index (χ2n) is 5.12. The zero-order valence-electron chi connectivity index (χ0n) is 8.78. The van der Waals surface area contributed by atoms with Crippen molar-refractivity contribution in [3.05, 3.63) is 23.3 Å². The Bertz CT molecular complexity index is 361. The molecule has 3 aliphatic rings. The molecular formula is C13H16O2. The largest absolute Gasteiger partial charge is 0.478 e. The minimum absolute atomic E-state index is 0.483. The van der Waals surface area contributed by atoms with Crippen molar-refractivity contribution >= 4 is 5.97 Å². The summed E-state index contributed by atoms with van der Waals surface area (Å²) in [5.74, 6) is 1.29. The van der Waals surface area contributed by atoms with Crippen molar-refractivity contribution in [1.29, 1.82) is 0 Å².